The van der Waals surface area contributed by atoms with Gasteiger partial charge >= 0.3 is 13.3 Å². The molecule has 3 aromatic heterocycles. The fourth-order valence-corrected chi connectivity index (χ4v) is 4.79. The van der Waals surface area contributed by atoms with Gasteiger partial charge in [-0.2, -0.15) is 18.3 Å². The van der Waals surface area contributed by atoms with Crippen molar-refractivity contribution >= 4 is 39.7 Å². The number of thiazole rings is 1. The first kappa shape index (κ1) is 23.8. The third-order valence-electron chi connectivity index (χ3n) is 6.36. The van der Waals surface area contributed by atoms with E-state index in [1.54, 1.807) is 0 Å². The van der Waals surface area contributed by atoms with Crippen LogP contribution in [-0.4, -0.2) is 43.1 Å². The molecule has 1 aliphatic rings. The van der Waals surface area contributed by atoms with E-state index in [0.717, 1.165) is 12.1 Å². The van der Waals surface area contributed by atoms with Crippen LogP contribution < -0.4 is 5.56 Å². The van der Waals surface area contributed by atoms with Gasteiger partial charge in [0.2, 0.25) is 0 Å². The monoisotopic (exact) mass is 503 g/mol. The number of hydrogen-bond donors (Lipinski definition) is 0. The van der Waals surface area contributed by atoms with Crippen LogP contribution >= 0.6 is 11.3 Å². The molecule has 4 aromatic rings. The molecule has 5 rings (SSSR count). The minimum atomic E-state index is -4.46. The maximum atomic E-state index is 13.1. The molecule has 182 valence electrons. The SMILES string of the molecule is CC1(C)OB(Cc2nn(Cc3nc4cc(C(F)(F)F)ccc4s3)c(=O)c3nccnc23)OC1(C)C. The van der Waals surface area contributed by atoms with E-state index in [4.69, 9.17) is 9.31 Å². The Labute approximate surface area is 202 Å². The number of alkyl halides is 3. The van der Waals surface area contributed by atoms with Crippen molar-refractivity contribution in [2.24, 2.45) is 0 Å². The zero-order chi connectivity index (χ0) is 25.2. The van der Waals surface area contributed by atoms with Gasteiger partial charge in [0.1, 0.15) is 10.5 Å². The lowest BCUT2D eigenvalue weighted by molar-refractivity contribution is -0.137. The maximum absolute atomic E-state index is 13.1. The summed E-state index contributed by atoms with van der Waals surface area (Å²) >= 11 is 1.20. The van der Waals surface area contributed by atoms with E-state index >= 15 is 0 Å². The molecule has 4 heterocycles. The molecule has 0 radical (unpaired) electrons. The normalized spacial score (nSPS) is 17.5. The first-order valence-corrected chi connectivity index (χ1v) is 11.7. The highest BCUT2D eigenvalue weighted by Crippen LogP contribution is 2.37. The molecule has 0 saturated carbocycles. The van der Waals surface area contributed by atoms with Crippen molar-refractivity contribution in [2.45, 2.75) is 57.9 Å². The topological polar surface area (TPSA) is 92.0 Å². The van der Waals surface area contributed by atoms with Crippen molar-refractivity contribution < 1.29 is 22.5 Å². The minimum Gasteiger partial charge on any atom is -0.403 e. The lowest BCUT2D eigenvalue weighted by Crippen LogP contribution is -2.41. The molecule has 1 aromatic carbocycles. The van der Waals surface area contributed by atoms with Crippen LogP contribution in [0.5, 0.6) is 0 Å². The quantitative estimate of drug-likeness (QED) is 0.389. The van der Waals surface area contributed by atoms with Crippen LogP contribution in [-0.2, 0) is 28.3 Å². The number of rotatable bonds is 4. The molecule has 0 N–H and O–H groups in total. The van der Waals surface area contributed by atoms with Crippen molar-refractivity contribution in [1.29, 1.82) is 0 Å². The zero-order valence-corrected chi connectivity index (χ0v) is 20.2. The molecule has 1 aliphatic heterocycles. The van der Waals surface area contributed by atoms with Gasteiger partial charge in [0, 0.05) is 18.7 Å². The summed E-state index contributed by atoms with van der Waals surface area (Å²) < 4.78 is 53.2. The van der Waals surface area contributed by atoms with Crippen molar-refractivity contribution in [1.82, 2.24) is 24.7 Å². The largest absolute Gasteiger partial charge is 0.464 e. The Morgan fingerprint density at radius 2 is 1.71 bits per heavy atom. The summed E-state index contributed by atoms with van der Waals surface area (Å²) in [6.07, 6.45) is -1.33. The Hall–Kier alpha value is -2.90. The molecule has 0 bridgehead atoms. The van der Waals surface area contributed by atoms with Crippen molar-refractivity contribution in [2.75, 3.05) is 0 Å². The first-order valence-electron chi connectivity index (χ1n) is 10.9. The average molecular weight is 503 g/mol. The maximum Gasteiger partial charge on any atom is 0.464 e. The highest BCUT2D eigenvalue weighted by atomic mass is 32.1. The predicted octanol–water partition coefficient (Wildman–Crippen LogP) is 4.04. The Morgan fingerprint density at radius 3 is 2.37 bits per heavy atom. The predicted molar refractivity (Wildman–Crippen MR) is 125 cm³/mol. The molecule has 1 fully saturated rings. The lowest BCUT2D eigenvalue weighted by Gasteiger charge is -2.32. The molecule has 0 unspecified atom stereocenters. The summed E-state index contributed by atoms with van der Waals surface area (Å²) in [5, 5.41) is 4.95. The molecule has 0 amide bonds. The van der Waals surface area contributed by atoms with Gasteiger partial charge in [-0.3, -0.25) is 9.78 Å². The molecule has 0 atom stereocenters. The molecule has 8 nitrogen and oxygen atoms in total. The fourth-order valence-electron chi connectivity index (χ4n) is 3.86. The van der Waals surface area contributed by atoms with Gasteiger partial charge in [-0.25, -0.2) is 14.6 Å². The van der Waals surface area contributed by atoms with Gasteiger partial charge in [0.05, 0.1) is 39.2 Å². The van der Waals surface area contributed by atoms with Crippen LogP contribution in [0.1, 0.15) is 44.0 Å². The summed E-state index contributed by atoms with van der Waals surface area (Å²) in [6, 6.07) is 3.40. The summed E-state index contributed by atoms with van der Waals surface area (Å²) in [7, 11) is -0.605. The van der Waals surface area contributed by atoms with E-state index in [0.29, 0.717) is 20.9 Å². The highest BCUT2D eigenvalue weighted by Gasteiger charge is 2.51. The van der Waals surface area contributed by atoms with Crippen LogP contribution in [0.4, 0.5) is 13.2 Å². The Kier molecular flexibility index (Phi) is 5.49. The summed E-state index contributed by atoms with van der Waals surface area (Å²) in [5.41, 5.74) is -1.16. The third-order valence-corrected chi connectivity index (χ3v) is 7.38. The van der Waals surface area contributed by atoms with Crippen LogP contribution in [0.15, 0.2) is 35.4 Å². The first-order chi connectivity index (χ1) is 16.3. The summed E-state index contributed by atoms with van der Waals surface area (Å²) in [4.78, 5) is 25.9. The van der Waals surface area contributed by atoms with E-state index in [1.165, 1.54) is 34.5 Å². The van der Waals surface area contributed by atoms with E-state index in [9.17, 15) is 18.0 Å². The standard InChI is InChI=1S/C22H21BF3N5O3S/c1-20(2)21(3,4)34-23(33-20)10-14-17-18(28-8-7-27-17)19(32)31(30-14)11-16-29-13-9-12(22(24,25)26)5-6-15(13)35-16/h5-9H,10-11H2,1-4H3. The second kappa shape index (κ2) is 8.07. The number of benzene rings is 1. The Morgan fingerprint density at radius 1 is 1.06 bits per heavy atom. The zero-order valence-electron chi connectivity index (χ0n) is 19.4. The lowest BCUT2D eigenvalue weighted by atomic mass is 9.82. The van der Waals surface area contributed by atoms with Gasteiger partial charge in [-0.15, -0.1) is 11.3 Å². The highest BCUT2D eigenvalue weighted by molar-refractivity contribution is 7.18. The fraction of sp³-hybridized carbons (Fsp3) is 0.409. The number of fused-ring (bicyclic) bond motifs is 2. The van der Waals surface area contributed by atoms with Crippen molar-refractivity contribution in [3.63, 3.8) is 0 Å². The smallest absolute Gasteiger partial charge is 0.403 e. The Balaban J connectivity index is 1.51. The third kappa shape index (κ3) is 4.32. The number of halogens is 3. The van der Waals surface area contributed by atoms with Crippen molar-refractivity contribution in [3.8, 4) is 0 Å². The summed E-state index contributed by atoms with van der Waals surface area (Å²) in [6.45, 7) is 7.74. The molecule has 1 saturated heterocycles. The second-order valence-electron chi connectivity index (χ2n) is 9.34. The molecule has 13 heteroatoms. The molecular formula is C22H21BF3N5O3S. The van der Waals surface area contributed by atoms with Crippen LogP contribution in [0.25, 0.3) is 21.3 Å². The molecule has 0 spiro atoms. The van der Waals surface area contributed by atoms with Gasteiger partial charge in [0.25, 0.3) is 5.56 Å². The van der Waals surface area contributed by atoms with E-state index < -0.39 is 35.6 Å². The van der Waals surface area contributed by atoms with Gasteiger partial charge in [-0.05, 0) is 45.9 Å². The van der Waals surface area contributed by atoms with Gasteiger partial charge in [-0.1, -0.05) is 0 Å². The van der Waals surface area contributed by atoms with Crippen LogP contribution in [0, 0.1) is 0 Å². The molecular weight excluding hydrogens is 482 g/mol. The number of aromatic nitrogens is 5. The van der Waals surface area contributed by atoms with Gasteiger partial charge < -0.3 is 9.31 Å². The van der Waals surface area contributed by atoms with E-state index in [-0.39, 0.29) is 23.9 Å². The number of nitrogens with zero attached hydrogens (tertiary/aromatic N) is 5. The van der Waals surface area contributed by atoms with E-state index in [1.807, 2.05) is 27.7 Å². The van der Waals surface area contributed by atoms with Crippen LogP contribution in [0.3, 0.4) is 0 Å². The average Bonchev–Trinajstić information content (AvgIpc) is 3.26. The van der Waals surface area contributed by atoms with Crippen LogP contribution in [0.2, 0.25) is 0 Å². The Bertz CT molecular complexity index is 1490. The second-order valence-corrected chi connectivity index (χ2v) is 10.5. The van der Waals surface area contributed by atoms with E-state index in [2.05, 4.69) is 20.1 Å². The molecule has 0 aliphatic carbocycles. The van der Waals surface area contributed by atoms with Gasteiger partial charge in [0.15, 0.2) is 5.52 Å². The number of hydrogen-bond acceptors (Lipinski definition) is 8. The molecule has 35 heavy (non-hydrogen) atoms. The summed E-state index contributed by atoms with van der Waals surface area (Å²) in [5.74, 6) is 0. The minimum absolute atomic E-state index is 0.0254. The van der Waals surface area contributed by atoms with Crippen molar-refractivity contribution in [3.05, 3.63) is 57.2 Å².